The van der Waals surface area contributed by atoms with E-state index >= 15 is 0 Å². The Balaban J connectivity index is 4.60. The summed E-state index contributed by atoms with van der Waals surface area (Å²) < 4.78 is 4.71. The molecule has 0 heterocycles. The molecule has 0 rings (SSSR count). The number of carbonyl (C=O) groups is 1. The highest BCUT2D eigenvalue weighted by molar-refractivity contribution is 5.70. The summed E-state index contributed by atoms with van der Waals surface area (Å²) in [7, 11) is 1.43. The lowest BCUT2D eigenvalue weighted by molar-refractivity contribution is -0.144. The molecule has 0 aromatic heterocycles. The molecule has 0 aliphatic rings. The fraction of sp³-hybridized carbons (Fsp3) is 0.909. The average Bonchev–Trinajstić information content (AvgIpc) is 2.24. The van der Waals surface area contributed by atoms with E-state index in [2.05, 4.69) is 20.8 Å². The van der Waals surface area contributed by atoms with Gasteiger partial charge in [-0.1, -0.05) is 20.8 Å². The van der Waals surface area contributed by atoms with E-state index in [0.717, 1.165) is 19.3 Å². The maximum Gasteiger partial charge on any atom is 0.306 e. The first kappa shape index (κ1) is 13.4. The van der Waals surface area contributed by atoms with Crippen molar-refractivity contribution < 1.29 is 9.53 Å². The van der Waals surface area contributed by atoms with Gasteiger partial charge in [-0.2, -0.15) is 0 Å². The second-order valence-corrected chi connectivity index (χ2v) is 3.84. The van der Waals surface area contributed by atoms with Crippen LogP contribution in [0.25, 0.3) is 0 Å². The van der Waals surface area contributed by atoms with Crippen LogP contribution in [-0.4, -0.2) is 19.1 Å². The van der Waals surface area contributed by atoms with Gasteiger partial charge >= 0.3 is 5.97 Å². The van der Waals surface area contributed by atoms with Gasteiger partial charge in [-0.05, 0) is 24.7 Å². The molecule has 0 saturated heterocycles. The van der Waals surface area contributed by atoms with Crippen LogP contribution in [0.4, 0.5) is 0 Å². The quantitative estimate of drug-likeness (QED) is 0.669. The Morgan fingerprint density at radius 3 is 2.14 bits per heavy atom. The number of hydrogen-bond donors (Lipinski definition) is 1. The minimum atomic E-state index is -0.155. The third-order valence-corrected chi connectivity index (χ3v) is 3.36. The molecule has 84 valence electrons. The summed E-state index contributed by atoms with van der Waals surface area (Å²) in [5.41, 5.74) is 5.99. The predicted molar refractivity (Wildman–Crippen MR) is 57.9 cm³/mol. The first-order valence-electron chi connectivity index (χ1n) is 5.38. The van der Waals surface area contributed by atoms with Crippen LogP contribution in [0.15, 0.2) is 0 Å². The molecule has 0 saturated carbocycles. The van der Waals surface area contributed by atoms with E-state index in [1.165, 1.54) is 7.11 Å². The maximum atomic E-state index is 11.3. The number of carbonyl (C=O) groups excluding carboxylic acids is 1. The van der Waals surface area contributed by atoms with Crippen molar-refractivity contribution in [1.29, 1.82) is 0 Å². The SMILES string of the molecule is CCC(N)C(CC)(CC)CC(=O)OC. The van der Waals surface area contributed by atoms with Crippen molar-refractivity contribution in [1.82, 2.24) is 0 Å². The number of ether oxygens (including phenoxy) is 1. The van der Waals surface area contributed by atoms with E-state index in [0.29, 0.717) is 6.42 Å². The second kappa shape index (κ2) is 6.02. The minimum Gasteiger partial charge on any atom is -0.469 e. The Labute approximate surface area is 87.0 Å². The van der Waals surface area contributed by atoms with Crippen molar-refractivity contribution in [2.24, 2.45) is 11.1 Å². The van der Waals surface area contributed by atoms with Crippen LogP contribution in [0.2, 0.25) is 0 Å². The van der Waals surface area contributed by atoms with Gasteiger partial charge in [0.25, 0.3) is 0 Å². The van der Waals surface area contributed by atoms with Gasteiger partial charge in [0.15, 0.2) is 0 Å². The molecule has 0 bridgehead atoms. The Kier molecular flexibility index (Phi) is 5.77. The molecule has 0 aliphatic carbocycles. The monoisotopic (exact) mass is 201 g/mol. The Bertz CT molecular complexity index is 176. The van der Waals surface area contributed by atoms with E-state index in [4.69, 9.17) is 10.5 Å². The van der Waals surface area contributed by atoms with Crippen LogP contribution in [0.3, 0.4) is 0 Å². The van der Waals surface area contributed by atoms with Crippen molar-refractivity contribution in [3.63, 3.8) is 0 Å². The maximum absolute atomic E-state index is 11.3. The summed E-state index contributed by atoms with van der Waals surface area (Å²) >= 11 is 0. The highest BCUT2D eigenvalue weighted by Crippen LogP contribution is 2.35. The third kappa shape index (κ3) is 2.98. The van der Waals surface area contributed by atoms with Crippen molar-refractivity contribution >= 4 is 5.97 Å². The average molecular weight is 201 g/mol. The van der Waals surface area contributed by atoms with Crippen molar-refractivity contribution in [3.05, 3.63) is 0 Å². The number of rotatable bonds is 6. The molecular weight excluding hydrogens is 178 g/mol. The van der Waals surface area contributed by atoms with Gasteiger partial charge < -0.3 is 10.5 Å². The molecule has 0 amide bonds. The lowest BCUT2D eigenvalue weighted by atomic mass is 9.72. The summed E-state index contributed by atoms with van der Waals surface area (Å²) in [4.78, 5) is 11.3. The number of nitrogens with two attached hydrogens (primary N) is 1. The highest BCUT2D eigenvalue weighted by atomic mass is 16.5. The predicted octanol–water partition coefficient (Wildman–Crippen LogP) is 2.09. The summed E-state index contributed by atoms with van der Waals surface area (Å²) in [5.74, 6) is -0.155. The zero-order valence-electron chi connectivity index (χ0n) is 9.80. The van der Waals surface area contributed by atoms with Crippen molar-refractivity contribution in [2.75, 3.05) is 7.11 Å². The van der Waals surface area contributed by atoms with Gasteiger partial charge in [0.2, 0.25) is 0 Å². The summed E-state index contributed by atoms with van der Waals surface area (Å²) in [6.45, 7) is 6.23. The second-order valence-electron chi connectivity index (χ2n) is 3.84. The fourth-order valence-electron chi connectivity index (χ4n) is 1.95. The van der Waals surface area contributed by atoms with Crippen LogP contribution >= 0.6 is 0 Å². The molecule has 1 unspecified atom stereocenters. The summed E-state index contributed by atoms with van der Waals surface area (Å²) in [6.07, 6.45) is 3.19. The molecule has 1 atom stereocenters. The number of hydrogen-bond acceptors (Lipinski definition) is 3. The molecule has 0 fully saturated rings. The summed E-state index contributed by atoms with van der Waals surface area (Å²) in [6, 6.07) is 0.0802. The van der Waals surface area contributed by atoms with Gasteiger partial charge in [0.1, 0.15) is 0 Å². The van der Waals surface area contributed by atoms with E-state index < -0.39 is 0 Å². The Morgan fingerprint density at radius 1 is 1.36 bits per heavy atom. The summed E-state index contributed by atoms with van der Waals surface area (Å²) in [5, 5.41) is 0. The zero-order valence-corrected chi connectivity index (χ0v) is 9.80. The molecule has 3 nitrogen and oxygen atoms in total. The Hall–Kier alpha value is -0.570. The zero-order chi connectivity index (χ0) is 11.2. The first-order valence-corrected chi connectivity index (χ1v) is 5.38. The molecule has 0 aromatic rings. The molecule has 3 heteroatoms. The molecule has 0 spiro atoms. The Morgan fingerprint density at radius 2 is 1.86 bits per heavy atom. The standard InChI is InChI=1S/C11H23NO2/c1-5-9(12)11(6-2,7-3)8-10(13)14-4/h9H,5-8,12H2,1-4H3. The number of methoxy groups -OCH3 is 1. The van der Waals surface area contributed by atoms with Crippen LogP contribution < -0.4 is 5.73 Å². The van der Waals surface area contributed by atoms with Gasteiger partial charge in [0, 0.05) is 6.04 Å². The molecular formula is C11H23NO2. The largest absolute Gasteiger partial charge is 0.469 e. The van der Waals surface area contributed by atoms with Crippen LogP contribution in [0, 0.1) is 5.41 Å². The van der Waals surface area contributed by atoms with E-state index in [-0.39, 0.29) is 17.4 Å². The highest BCUT2D eigenvalue weighted by Gasteiger charge is 2.34. The van der Waals surface area contributed by atoms with Gasteiger partial charge in [-0.25, -0.2) is 0 Å². The van der Waals surface area contributed by atoms with E-state index in [9.17, 15) is 4.79 Å². The molecule has 14 heavy (non-hydrogen) atoms. The third-order valence-electron chi connectivity index (χ3n) is 3.36. The topological polar surface area (TPSA) is 52.3 Å². The number of esters is 1. The van der Waals surface area contributed by atoms with Gasteiger partial charge in [0.05, 0.1) is 13.5 Å². The fourth-order valence-corrected chi connectivity index (χ4v) is 1.95. The molecule has 0 aromatic carbocycles. The smallest absolute Gasteiger partial charge is 0.306 e. The van der Waals surface area contributed by atoms with Crippen LogP contribution in [0.1, 0.15) is 46.5 Å². The van der Waals surface area contributed by atoms with E-state index in [1.807, 2.05) is 0 Å². The lowest BCUT2D eigenvalue weighted by Gasteiger charge is -2.36. The first-order chi connectivity index (χ1) is 6.56. The lowest BCUT2D eigenvalue weighted by Crippen LogP contribution is -2.42. The normalized spacial score (nSPS) is 13.8. The van der Waals surface area contributed by atoms with Gasteiger partial charge in [-0.15, -0.1) is 0 Å². The van der Waals surface area contributed by atoms with Crippen LogP contribution in [0.5, 0.6) is 0 Å². The van der Waals surface area contributed by atoms with Crippen molar-refractivity contribution in [3.8, 4) is 0 Å². The molecule has 0 radical (unpaired) electrons. The molecule has 0 aliphatic heterocycles. The van der Waals surface area contributed by atoms with Crippen molar-refractivity contribution in [2.45, 2.75) is 52.5 Å². The molecule has 2 N–H and O–H groups in total. The van der Waals surface area contributed by atoms with Gasteiger partial charge in [-0.3, -0.25) is 4.79 Å². The minimum absolute atomic E-state index is 0.0802. The van der Waals surface area contributed by atoms with Crippen LogP contribution in [-0.2, 0) is 9.53 Å². The van der Waals surface area contributed by atoms with E-state index in [1.54, 1.807) is 0 Å².